The average Bonchev–Trinajstić information content (AvgIpc) is 3.01. The summed E-state index contributed by atoms with van der Waals surface area (Å²) in [5.74, 6) is 1.49. The second kappa shape index (κ2) is 8.70. The number of rotatable bonds is 5. The van der Waals surface area contributed by atoms with Gasteiger partial charge in [-0.2, -0.15) is 4.98 Å². The van der Waals surface area contributed by atoms with E-state index in [1.165, 1.54) is 0 Å². The predicted octanol–water partition coefficient (Wildman–Crippen LogP) is -0.589. The van der Waals surface area contributed by atoms with Crippen LogP contribution in [0.1, 0.15) is 18.2 Å². The molecule has 9 heteroatoms. The first kappa shape index (κ1) is 20.5. The molecule has 0 saturated heterocycles. The van der Waals surface area contributed by atoms with Crippen LogP contribution in [0.2, 0.25) is 0 Å². The molecule has 3 aromatic rings. The SMILES string of the molecule is COc1ccc2[nH]c(S(=O)Cc3ncc(C)c(OC)c3C)nc2n1.[H-].[K+]. The van der Waals surface area contributed by atoms with E-state index in [0.29, 0.717) is 22.2 Å². The fourth-order valence-corrected chi connectivity index (χ4v) is 3.57. The van der Waals surface area contributed by atoms with E-state index in [9.17, 15) is 4.21 Å². The molecular formula is C16H19KN4O3S. The van der Waals surface area contributed by atoms with Crippen LogP contribution in [-0.2, 0) is 16.6 Å². The van der Waals surface area contributed by atoms with Crippen LogP contribution in [0.4, 0.5) is 0 Å². The van der Waals surface area contributed by atoms with Gasteiger partial charge in [0.2, 0.25) is 5.88 Å². The molecule has 0 aliphatic carbocycles. The summed E-state index contributed by atoms with van der Waals surface area (Å²) in [4.78, 5) is 15.9. The van der Waals surface area contributed by atoms with Crippen molar-refractivity contribution in [2.45, 2.75) is 24.8 Å². The summed E-state index contributed by atoms with van der Waals surface area (Å²) in [7, 11) is 1.79. The minimum Gasteiger partial charge on any atom is -1.00 e. The van der Waals surface area contributed by atoms with Crippen LogP contribution < -0.4 is 60.9 Å². The molecule has 0 aliphatic rings. The summed E-state index contributed by atoms with van der Waals surface area (Å²) in [5.41, 5.74) is 3.75. The molecule has 0 bridgehead atoms. The molecule has 1 atom stereocenters. The van der Waals surface area contributed by atoms with E-state index in [1.54, 1.807) is 32.5 Å². The van der Waals surface area contributed by atoms with Gasteiger partial charge < -0.3 is 15.9 Å². The summed E-state index contributed by atoms with van der Waals surface area (Å²) in [6.07, 6.45) is 1.73. The average molecular weight is 387 g/mol. The molecule has 0 amide bonds. The maximum Gasteiger partial charge on any atom is 1.00 e. The topological polar surface area (TPSA) is 90.0 Å². The number of ether oxygens (including phenoxy) is 2. The number of methoxy groups -OCH3 is 2. The summed E-state index contributed by atoms with van der Waals surface area (Å²) >= 11 is 0. The Morgan fingerprint density at radius 3 is 2.64 bits per heavy atom. The van der Waals surface area contributed by atoms with E-state index in [0.717, 1.165) is 22.6 Å². The molecule has 3 heterocycles. The van der Waals surface area contributed by atoms with Gasteiger partial charge in [-0.15, -0.1) is 0 Å². The molecule has 0 aromatic carbocycles. The van der Waals surface area contributed by atoms with Crippen molar-refractivity contribution < 1.29 is 66.5 Å². The van der Waals surface area contributed by atoms with Crippen LogP contribution in [0.5, 0.6) is 11.6 Å². The summed E-state index contributed by atoms with van der Waals surface area (Å²) in [6, 6.07) is 3.52. The van der Waals surface area contributed by atoms with Gasteiger partial charge in [0.25, 0.3) is 0 Å². The largest absolute Gasteiger partial charge is 1.00 e. The van der Waals surface area contributed by atoms with Gasteiger partial charge in [-0.05, 0) is 19.9 Å². The molecule has 128 valence electrons. The molecule has 3 aromatic heterocycles. The number of aromatic amines is 1. The first-order valence-corrected chi connectivity index (χ1v) is 8.63. The van der Waals surface area contributed by atoms with Crippen LogP contribution in [-0.4, -0.2) is 38.4 Å². The van der Waals surface area contributed by atoms with E-state index >= 15 is 0 Å². The monoisotopic (exact) mass is 386 g/mol. The Morgan fingerprint density at radius 2 is 1.96 bits per heavy atom. The number of hydrogen-bond donors (Lipinski definition) is 1. The molecule has 0 fully saturated rings. The Kier molecular flexibility index (Phi) is 7.12. The maximum absolute atomic E-state index is 12.7. The standard InChI is InChI=1S/C16H18N4O3S.K.H/c1-9-7-17-12(10(2)14(9)23-4)8-24(21)16-18-11-5-6-13(22-3)19-15(11)20-16;;/h5-7H,8H2,1-4H3,(H,18,19,20);;/q;+1;-1. The van der Waals surface area contributed by atoms with Crippen molar-refractivity contribution in [1.29, 1.82) is 0 Å². The zero-order valence-corrected chi connectivity index (χ0v) is 18.9. The van der Waals surface area contributed by atoms with Crippen molar-refractivity contribution in [1.82, 2.24) is 19.9 Å². The molecule has 0 radical (unpaired) electrons. The van der Waals surface area contributed by atoms with Crippen LogP contribution in [0, 0.1) is 13.8 Å². The molecule has 3 rings (SSSR count). The molecule has 0 aliphatic heterocycles. The number of aromatic nitrogens is 4. The van der Waals surface area contributed by atoms with Gasteiger partial charge in [-0.1, -0.05) is 0 Å². The van der Waals surface area contributed by atoms with E-state index in [-0.39, 0.29) is 58.6 Å². The minimum absolute atomic E-state index is 0. The number of pyridine rings is 2. The smallest absolute Gasteiger partial charge is 1.00 e. The van der Waals surface area contributed by atoms with Crippen molar-refractivity contribution in [2.24, 2.45) is 0 Å². The van der Waals surface area contributed by atoms with Gasteiger partial charge in [0.1, 0.15) is 5.75 Å². The zero-order chi connectivity index (χ0) is 17.3. The third kappa shape index (κ3) is 4.29. The Bertz CT molecular complexity index is 935. The number of hydrogen-bond acceptors (Lipinski definition) is 6. The zero-order valence-electron chi connectivity index (χ0n) is 15.9. The predicted molar refractivity (Wildman–Crippen MR) is 91.9 cm³/mol. The van der Waals surface area contributed by atoms with Crippen LogP contribution >= 0.6 is 0 Å². The molecule has 0 spiro atoms. The van der Waals surface area contributed by atoms with Gasteiger partial charge in [-0.3, -0.25) is 9.19 Å². The van der Waals surface area contributed by atoms with Crippen molar-refractivity contribution in [2.75, 3.05) is 14.2 Å². The fourth-order valence-electron chi connectivity index (χ4n) is 2.48. The molecule has 1 unspecified atom stereocenters. The summed E-state index contributed by atoms with van der Waals surface area (Å²) in [6.45, 7) is 3.84. The number of nitrogens with zero attached hydrogens (tertiary/aromatic N) is 3. The molecular weight excluding hydrogens is 367 g/mol. The third-order valence-electron chi connectivity index (χ3n) is 3.74. The minimum atomic E-state index is -1.37. The normalized spacial score (nSPS) is 11.8. The van der Waals surface area contributed by atoms with Crippen molar-refractivity contribution in [3.63, 3.8) is 0 Å². The second-order valence-electron chi connectivity index (χ2n) is 5.30. The molecule has 0 saturated carbocycles. The number of fused-ring (bicyclic) bond motifs is 1. The van der Waals surface area contributed by atoms with Gasteiger partial charge >= 0.3 is 51.4 Å². The first-order chi connectivity index (χ1) is 11.5. The van der Waals surface area contributed by atoms with E-state index < -0.39 is 10.8 Å². The Morgan fingerprint density at radius 1 is 1.20 bits per heavy atom. The maximum atomic E-state index is 12.7. The number of aryl methyl sites for hydroxylation is 1. The van der Waals surface area contributed by atoms with E-state index in [4.69, 9.17) is 9.47 Å². The summed E-state index contributed by atoms with van der Waals surface area (Å²) < 4.78 is 23.1. The van der Waals surface area contributed by atoms with Crippen LogP contribution in [0.25, 0.3) is 11.2 Å². The van der Waals surface area contributed by atoms with Gasteiger partial charge in [0, 0.05) is 23.4 Å². The quantitative estimate of drug-likeness (QED) is 0.590. The van der Waals surface area contributed by atoms with Crippen molar-refractivity contribution in [3.05, 3.63) is 35.2 Å². The molecule has 25 heavy (non-hydrogen) atoms. The van der Waals surface area contributed by atoms with Crippen molar-refractivity contribution in [3.8, 4) is 11.6 Å². The molecule has 7 nitrogen and oxygen atoms in total. The molecule has 1 N–H and O–H groups in total. The van der Waals surface area contributed by atoms with Gasteiger partial charge in [-0.25, -0.2) is 4.98 Å². The number of nitrogens with one attached hydrogen (secondary N) is 1. The number of H-pyrrole nitrogens is 1. The summed E-state index contributed by atoms with van der Waals surface area (Å²) in [5, 5.41) is 0.367. The van der Waals surface area contributed by atoms with Crippen molar-refractivity contribution >= 4 is 22.0 Å². The Hall–Kier alpha value is -0.844. The van der Waals surface area contributed by atoms with Gasteiger partial charge in [0.05, 0.1) is 42.0 Å². The fraction of sp³-hybridized carbons (Fsp3) is 0.312. The number of imidazole rings is 1. The van der Waals surface area contributed by atoms with E-state index in [1.807, 2.05) is 13.8 Å². The van der Waals surface area contributed by atoms with E-state index in [2.05, 4.69) is 19.9 Å². The van der Waals surface area contributed by atoms with Gasteiger partial charge in [0.15, 0.2) is 10.8 Å². The van der Waals surface area contributed by atoms with Crippen LogP contribution in [0.15, 0.2) is 23.5 Å². The Balaban J connectivity index is 0.00000169. The first-order valence-electron chi connectivity index (χ1n) is 7.31. The Labute approximate surface area is 192 Å². The third-order valence-corrected chi connectivity index (χ3v) is 4.90. The second-order valence-corrected chi connectivity index (χ2v) is 6.67. The van der Waals surface area contributed by atoms with Crippen LogP contribution in [0.3, 0.4) is 0 Å².